The van der Waals surface area contributed by atoms with Gasteiger partial charge >= 0.3 is 0 Å². The minimum atomic E-state index is -0.0142. The van der Waals surface area contributed by atoms with E-state index in [1.54, 1.807) is 6.20 Å². The van der Waals surface area contributed by atoms with Crippen LogP contribution in [0, 0.1) is 0 Å². The lowest BCUT2D eigenvalue weighted by atomic mass is 10.0. The van der Waals surface area contributed by atoms with Crippen molar-refractivity contribution < 1.29 is 4.74 Å². The Kier molecular flexibility index (Phi) is 4.50. The van der Waals surface area contributed by atoms with Gasteiger partial charge in [-0.2, -0.15) is 0 Å². The molecule has 5 nitrogen and oxygen atoms in total. The maximum atomic E-state index is 6.22. The summed E-state index contributed by atoms with van der Waals surface area (Å²) < 4.78 is 7.63. The summed E-state index contributed by atoms with van der Waals surface area (Å²) >= 11 is 0. The van der Waals surface area contributed by atoms with Crippen LogP contribution in [0.2, 0.25) is 0 Å². The Balaban J connectivity index is 1.93. The molecule has 2 N–H and O–H groups in total. The van der Waals surface area contributed by atoms with Gasteiger partial charge in [-0.05, 0) is 32.1 Å². The van der Waals surface area contributed by atoms with E-state index in [0.29, 0.717) is 6.10 Å². The van der Waals surface area contributed by atoms with E-state index in [1.165, 1.54) is 12.8 Å². The second kappa shape index (κ2) is 6.12. The zero-order chi connectivity index (χ0) is 12.1. The Labute approximate surface area is 102 Å². The van der Waals surface area contributed by atoms with Crippen LogP contribution in [0.25, 0.3) is 0 Å². The van der Waals surface area contributed by atoms with Crippen molar-refractivity contribution in [2.75, 3.05) is 6.61 Å². The average Bonchev–Trinajstić information content (AvgIpc) is 2.79. The van der Waals surface area contributed by atoms with Gasteiger partial charge in [-0.15, -0.1) is 5.10 Å². The first-order valence-electron chi connectivity index (χ1n) is 6.56. The summed E-state index contributed by atoms with van der Waals surface area (Å²) in [5.41, 5.74) is 7.25. The Bertz CT molecular complexity index is 333. The van der Waals surface area contributed by atoms with E-state index in [2.05, 4.69) is 17.2 Å². The highest BCUT2D eigenvalue weighted by Gasteiger charge is 2.20. The number of hydrogen-bond acceptors (Lipinski definition) is 4. The second-order valence-corrected chi connectivity index (χ2v) is 4.71. The number of nitrogens with zero attached hydrogens (tertiary/aromatic N) is 3. The van der Waals surface area contributed by atoms with Gasteiger partial charge in [0.1, 0.15) is 0 Å². The van der Waals surface area contributed by atoms with Crippen LogP contribution in [0.1, 0.15) is 50.8 Å². The molecule has 1 aromatic heterocycles. The van der Waals surface area contributed by atoms with Gasteiger partial charge in [0, 0.05) is 13.2 Å². The molecule has 0 spiro atoms. The molecule has 0 radical (unpaired) electrons. The number of hydrogen-bond donors (Lipinski definition) is 1. The van der Waals surface area contributed by atoms with E-state index in [4.69, 9.17) is 10.5 Å². The highest BCUT2D eigenvalue weighted by Crippen LogP contribution is 2.22. The summed E-state index contributed by atoms with van der Waals surface area (Å²) in [5.74, 6) is 0. The van der Waals surface area contributed by atoms with Crippen LogP contribution in [0.3, 0.4) is 0 Å². The fourth-order valence-corrected chi connectivity index (χ4v) is 2.34. The van der Waals surface area contributed by atoms with Crippen molar-refractivity contribution in [2.45, 2.75) is 57.7 Å². The van der Waals surface area contributed by atoms with Gasteiger partial charge in [-0.3, -0.25) is 0 Å². The van der Waals surface area contributed by atoms with Crippen LogP contribution in [0.15, 0.2) is 6.20 Å². The molecule has 0 bridgehead atoms. The van der Waals surface area contributed by atoms with Crippen LogP contribution in [-0.2, 0) is 11.3 Å². The third kappa shape index (κ3) is 3.26. The first kappa shape index (κ1) is 12.5. The largest absolute Gasteiger partial charge is 0.378 e. The molecule has 1 saturated heterocycles. The van der Waals surface area contributed by atoms with Crippen molar-refractivity contribution in [1.82, 2.24) is 15.0 Å². The zero-order valence-corrected chi connectivity index (χ0v) is 10.5. The minimum absolute atomic E-state index is 0.0142. The van der Waals surface area contributed by atoms with Crippen molar-refractivity contribution in [3.63, 3.8) is 0 Å². The van der Waals surface area contributed by atoms with Crippen molar-refractivity contribution in [3.05, 3.63) is 11.9 Å². The number of nitrogens with two attached hydrogens (primary N) is 1. The smallest absolute Gasteiger partial charge is 0.0755 e. The molecule has 1 aromatic rings. The lowest BCUT2D eigenvalue weighted by Gasteiger charge is -2.25. The SMILES string of the molecule is CCCn1nncc1C(N)CC1CCCCO1. The summed E-state index contributed by atoms with van der Waals surface area (Å²) in [4.78, 5) is 0. The van der Waals surface area contributed by atoms with Crippen LogP contribution in [0.5, 0.6) is 0 Å². The fraction of sp³-hybridized carbons (Fsp3) is 0.833. The summed E-state index contributed by atoms with van der Waals surface area (Å²) in [5, 5.41) is 8.01. The molecule has 2 rings (SSSR count). The van der Waals surface area contributed by atoms with Gasteiger partial charge in [0.25, 0.3) is 0 Å². The molecule has 0 saturated carbocycles. The third-order valence-corrected chi connectivity index (χ3v) is 3.25. The molecule has 2 heterocycles. The summed E-state index contributed by atoms with van der Waals surface area (Å²) in [6.07, 6.45) is 7.57. The standard InChI is InChI=1S/C12H22N4O/c1-2-6-16-12(9-14-15-16)11(13)8-10-5-3-4-7-17-10/h9-11H,2-8,13H2,1H3. The Morgan fingerprint density at radius 2 is 2.47 bits per heavy atom. The highest BCUT2D eigenvalue weighted by atomic mass is 16.5. The second-order valence-electron chi connectivity index (χ2n) is 4.71. The van der Waals surface area contributed by atoms with Crippen molar-refractivity contribution in [2.24, 2.45) is 5.73 Å². The molecule has 0 aromatic carbocycles. The van der Waals surface area contributed by atoms with E-state index in [0.717, 1.165) is 38.1 Å². The number of ether oxygens (including phenoxy) is 1. The molecule has 5 heteroatoms. The average molecular weight is 238 g/mol. The van der Waals surface area contributed by atoms with Gasteiger partial charge < -0.3 is 10.5 Å². The molecule has 1 fully saturated rings. The minimum Gasteiger partial charge on any atom is -0.378 e. The van der Waals surface area contributed by atoms with E-state index in [1.807, 2.05) is 4.68 Å². The highest BCUT2D eigenvalue weighted by molar-refractivity contribution is 5.01. The van der Waals surface area contributed by atoms with Crippen LogP contribution < -0.4 is 5.73 Å². The van der Waals surface area contributed by atoms with Gasteiger partial charge in [0.05, 0.1) is 24.0 Å². The molecule has 0 amide bonds. The van der Waals surface area contributed by atoms with E-state index < -0.39 is 0 Å². The molecule has 0 aliphatic carbocycles. The quantitative estimate of drug-likeness (QED) is 0.847. The maximum absolute atomic E-state index is 6.22. The maximum Gasteiger partial charge on any atom is 0.0755 e. The molecule has 2 atom stereocenters. The van der Waals surface area contributed by atoms with Crippen LogP contribution in [-0.4, -0.2) is 27.7 Å². The molecular weight excluding hydrogens is 216 g/mol. The molecule has 2 unspecified atom stereocenters. The van der Waals surface area contributed by atoms with Crippen LogP contribution in [0.4, 0.5) is 0 Å². The Hall–Kier alpha value is -0.940. The lowest BCUT2D eigenvalue weighted by Crippen LogP contribution is -2.26. The van der Waals surface area contributed by atoms with Crippen LogP contribution >= 0.6 is 0 Å². The third-order valence-electron chi connectivity index (χ3n) is 3.25. The number of aryl methyl sites for hydroxylation is 1. The lowest BCUT2D eigenvalue weighted by molar-refractivity contribution is 0.00686. The Morgan fingerprint density at radius 3 is 3.18 bits per heavy atom. The van der Waals surface area contributed by atoms with Crippen molar-refractivity contribution >= 4 is 0 Å². The zero-order valence-electron chi connectivity index (χ0n) is 10.5. The number of aromatic nitrogens is 3. The van der Waals surface area contributed by atoms with Gasteiger partial charge in [0.15, 0.2) is 0 Å². The van der Waals surface area contributed by atoms with E-state index >= 15 is 0 Å². The predicted octanol–water partition coefficient (Wildman–Crippen LogP) is 1.65. The topological polar surface area (TPSA) is 66.0 Å². The number of rotatable bonds is 5. The van der Waals surface area contributed by atoms with Gasteiger partial charge in [-0.1, -0.05) is 12.1 Å². The molecular formula is C12H22N4O. The normalized spacial score (nSPS) is 22.6. The molecule has 1 aliphatic heterocycles. The molecule has 96 valence electrons. The van der Waals surface area contributed by atoms with E-state index in [9.17, 15) is 0 Å². The summed E-state index contributed by atoms with van der Waals surface area (Å²) in [7, 11) is 0. The molecule has 17 heavy (non-hydrogen) atoms. The predicted molar refractivity (Wildman–Crippen MR) is 65.4 cm³/mol. The first-order valence-corrected chi connectivity index (χ1v) is 6.56. The fourth-order valence-electron chi connectivity index (χ4n) is 2.34. The van der Waals surface area contributed by atoms with Crippen molar-refractivity contribution in [1.29, 1.82) is 0 Å². The summed E-state index contributed by atoms with van der Waals surface area (Å²) in [6, 6.07) is -0.0142. The van der Waals surface area contributed by atoms with E-state index in [-0.39, 0.29) is 6.04 Å². The van der Waals surface area contributed by atoms with Gasteiger partial charge in [-0.25, -0.2) is 4.68 Å². The first-order chi connectivity index (χ1) is 8.31. The van der Waals surface area contributed by atoms with Crippen molar-refractivity contribution in [3.8, 4) is 0 Å². The van der Waals surface area contributed by atoms with Gasteiger partial charge in [0.2, 0.25) is 0 Å². The Morgan fingerprint density at radius 1 is 1.59 bits per heavy atom. The summed E-state index contributed by atoms with van der Waals surface area (Å²) in [6.45, 7) is 3.89. The monoisotopic (exact) mass is 238 g/mol. The molecule has 1 aliphatic rings.